The van der Waals surface area contributed by atoms with Gasteiger partial charge in [-0.15, -0.1) is 0 Å². The molecule has 0 saturated carbocycles. The highest BCUT2D eigenvalue weighted by Gasteiger charge is 2.47. The normalized spacial score (nSPS) is 25.2. The molecule has 1 aromatic rings. The Morgan fingerprint density at radius 2 is 1.54 bits per heavy atom. The fraction of sp³-hybridized carbons (Fsp3) is 0.500. The maximum Gasteiger partial charge on any atom is 0.234 e. The number of fused-ring (bicyclic) bond motifs is 2. The molecule has 26 heavy (non-hydrogen) atoms. The number of hydrogen-bond donors (Lipinski definition) is 0. The third-order valence-electron chi connectivity index (χ3n) is 5.74. The summed E-state index contributed by atoms with van der Waals surface area (Å²) in [7, 11) is 3.26. The van der Waals surface area contributed by atoms with Crippen LogP contribution in [0.2, 0.25) is 0 Å². The summed E-state index contributed by atoms with van der Waals surface area (Å²) in [6.07, 6.45) is 6.27. The van der Waals surface area contributed by atoms with Crippen LogP contribution in [0.1, 0.15) is 24.0 Å². The Bertz CT molecular complexity index is 747. The summed E-state index contributed by atoms with van der Waals surface area (Å²) in [5.74, 6) is 1.10. The lowest BCUT2D eigenvalue weighted by Gasteiger charge is -2.32. The predicted octanol–water partition coefficient (Wildman–Crippen LogP) is 1.97. The molecular weight excluding hydrogens is 332 g/mol. The topological polar surface area (TPSA) is 59.1 Å². The van der Waals surface area contributed by atoms with Crippen LogP contribution in [0.25, 0.3) is 0 Å². The summed E-state index contributed by atoms with van der Waals surface area (Å²) in [4.78, 5) is 29.0. The van der Waals surface area contributed by atoms with Crippen LogP contribution < -0.4 is 9.47 Å². The van der Waals surface area contributed by atoms with E-state index in [1.165, 1.54) is 10.5 Å². The number of carbonyl (C=O) groups excluding carboxylic acids is 2. The molecule has 0 radical (unpaired) electrons. The molecule has 1 aliphatic carbocycles. The van der Waals surface area contributed by atoms with Crippen molar-refractivity contribution in [3.63, 3.8) is 0 Å². The Morgan fingerprint density at radius 1 is 0.962 bits per heavy atom. The van der Waals surface area contributed by atoms with Crippen molar-refractivity contribution in [2.75, 3.05) is 27.4 Å². The second-order valence-corrected chi connectivity index (χ2v) is 7.18. The lowest BCUT2D eigenvalue weighted by Crippen LogP contribution is -2.43. The fourth-order valence-electron chi connectivity index (χ4n) is 4.27. The van der Waals surface area contributed by atoms with E-state index < -0.39 is 0 Å². The maximum atomic E-state index is 12.7. The number of imide groups is 1. The lowest BCUT2D eigenvalue weighted by molar-refractivity contribution is -0.142. The maximum absolute atomic E-state index is 12.7. The van der Waals surface area contributed by atoms with E-state index in [4.69, 9.17) is 9.47 Å². The van der Waals surface area contributed by atoms with Crippen molar-refractivity contribution >= 4 is 11.8 Å². The van der Waals surface area contributed by atoms with Crippen LogP contribution in [0.3, 0.4) is 0 Å². The third kappa shape index (κ3) is 2.78. The van der Waals surface area contributed by atoms with Crippen LogP contribution in [0, 0.1) is 11.8 Å². The molecule has 2 heterocycles. The Kier molecular flexibility index (Phi) is 4.44. The van der Waals surface area contributed by atoms with Gasteiger partial charge < -0.3 is 9.47 Å². The van der Waals surface area contributed by atoms with Crippen molar-refractivity contribution in [2.24, 2.45) is 11.8 Å². The van der Waals surface area contributed by atoms with Gasteiger partial charge in [0.25, 0.3) is 0 Å². The molecular formula is C20H24N2O4. The van der Waals surface area contributed by atoms with Gasteiger partial charge in [-0.1, -0.05) is 12.2 Å². The minimum atomic E-state index is -0.158. The van der Waals surface area contributed by atoms with E-state index >= 15 is 0 Å². The van der Waals surface area contributed by atoms with Crippen molar-refractivity contribution in [1.82, 2.24) is 9.80 Å². The second kappa shape index (κ2) is 6.76. The number of rotatable bonds is 4. The van der Waals surface area contributed by atoms with E-state index in [1.807, 2.05) is 24.3 Å². The zero-order valence-corrected chi connectivity index (χ0v) is 15.2. The molecule has 3 aliphatic rings. The van der Waals surface area contributed by atoms with Gasteiger partial charge in [0.05, 0.1) is 32.7 Å². The molecule has 6 heteroatoms. The van der Waals surface area contributed by atoms with Crippen molar-refractivity contribution in [3.8, 4) is 11.5 Å². The number of methoxy groups -OCH3 is 2. The molecule has 0 unspecified atom stereocenters. The molecule has 138 valence electrons. The summed E-state index contributed by atoms with van der Waals surface area (Å²) in [6, 6.07) is 4.02. The van der Waals surface area contributed by atoms with Crippen molar-refractivity contribution in [2.45, 2.75) is 25.8 Å². The van der Waals surface area contributed by atoms with Crippen molar-refractivity contribution in [1.29, 1.82) is 0 Å². The first-order valence-electron chi connectivity index (χ1n) is 9.08. The van der Waals surface area contributed by atoms with Gasteiger partial charge in [-0.05, 0) is 42.5 Å². The molecule has 0 spiro atoms. The van der Waals surface area contributed by atoms with Crippen LogP contribution in [-0.2, 0) is 22.6 Å². The number of nitrogens with zero attached hydrogens (tertiary/aromatic N) is 2. The van der Waals surface area contributed by atoms with Crippen molar-refractivity contribution in [3.05, 3.63) is 35.4 Å². The molecule has 6 nitrogen and oxygen atoms in total. The van der Waals surface area contributed by atoms with Gasteiger partial charge in [0.2, 0.25) is 11.8 Å². The average molecular weight is 356 g/mol. The van der Waals surface area contributed by atoms with Gasteiger partial charge in [0.15, 0.2) is 11.5 Å². The van der Waals surface area contributed by atoms with E-state index in [1.54, 1.807) is 14.2 Å². The number of allylic oxidation sites excluding steroid dienone is 2. The van der Waals surface area contributed by atoms with Crippen LogP contribution in [0.5, 0.6) is 11.5 Å². The summed E-state index contributed by atoms with van der Waals surface area (Å²) in [5, 5.41) is 0. The highest BCUT2D eigenvalue weighted by Crippen LogP contribution is 2.36. The highest BCUT2D eigenvalue weighted by atomic mass is 16.5. The lowest BCUT2D eigenvalue weighted by atomic mass is 9.85. The molecule has 2 amide bonds. The Morgan fingerprint density at radius 3 is 2.12 bits per heavy atom. The SMILES string of the molecule is COc1cc2c(cc1OC)CN(CN1C(=O)[C@H]3CC=CC[C@@H]3C1=O)CC2. The number of amides is 2. The minimum Gasteiger partial charge on any atom is -0.493 e. The Balaban J connectivity index is 1.49. The molecule has 0 bridgehead atoms. The van der Waals surface area contributed by atoms with Gasteiger partial charge >= 0.3 is 0 Å². The largest absolute Gasteiger partial charge is 0.493 e. The van der Waals surface area contributed by atoms with Crippen LogP contribution in [0.15, 0.2) is 24.3 Å². The van der Waals surface area contributed by atoms with E-state index in [-0.39, 0.29) is 23.7 Å². The molecule has 2 atom stereocenters. The molecule has 1 saturated heterocycles. The third-order valence-corrected chi connectivity index (χ3v) is 5.74. The van der Waals surface area contributed by atoms with Gasteiger partial charge in [0.1, 0.15) is 0 Å². The number of benzene rings is 1. The zero-order chi connectivity index (χ0) is 18.3. The molecule has 4 rings (SSSR count). The fourth-order valence-corrected chi connectivity index (χ4v) is 4.27. The van der Waals surface area contributed by atoms with Crippen LogP contribution >= 0.6 is 0 Å². The standard InChI is InChI=1S/C20H24N2O4/c1-25-17-9-13-7-8-21(11-14(13)10-18(17)26-2)12-22-19(23)15-5-3-4-6-16(15)20(22)24/h3-4,9-10,15-16H,5-8,11-12H2,1-2H3/t15-,16-/m0/s1. The van der Waals surface area contributed by atoms with E-state index in [0.717, 1.165) is 24.3 Å². The van der Waals surface area contributed by atoms with Gasteiger partial charge in [-0.2, -0.15) is 0 Å². The Labute approximate surface area is 153 Å². The van der Waals surface area contributed by atoms with Crippen molar-refractivity contribution < 1.29 is 19.1 Å². The Hall–Kier alpha value is -2.34. The highest BCUT2D eigenvalue weighted by molar-refractivity contribution is 6.05. The van der Waals surface area contributed by atoms with E-state index in [2.05, 4.69) is 4.90 Å². The average Bonchev–Trinajstić information content (AvgIpc) is 2.92. The predicted molar refractivity (Wildman–Crippen MR) is 95.7 cm³/mol. The first kappa shape index (κ1) is 17.1. The summed E-state index contributed by atoms with van der Waals surface area (Å²) in [5.41, 5.74) is 2.39. The second-order valence-electron chi connectivity index (χ2n) is 7.18. The summed E-state index contributed by atoms with van der Waals surface area (Å²) >= 11 is 0. The minimum absolute atomic E-state index is 0.0116. The first-order valence-corrected chi connectivity index (χ1v) is 9.08. The molecule has 0 N–H and O–H groups in total. The number of ether oxygens (including phenoxy) is 2. The van der Waals surface area contributed by atoms with Crippen LogP contribution in [-0.4, -0.2) is 49.0 Å². The smallest absolute Gasteiger partial charge is 0.234 e. The molecule has 1 fully saturated rings. The molecule has 1 aromatic carbocycles. The zero-order valence-electron chi connectivity index (χ0n) is 15.2. The summed E-state index contributed by atoms with van der Waals surface area (Å²) in [6.45, 7) is 1.88. The monoisotopic (exact) mass is 356 g/mol. The molecule has 2 aliphatic heterocycles. The summed E-state index contributed by atoms with van der Waals surface area (Å²) < 4.78 is 10.8. The number of hydrogen-bond acceptors (Lipinski definition) is 5. The quantitative estimate of drug-likeness (QED) is 0.610. The van der Waals surface area contributed by atoms with Gasteiger partial charge in [-0.3, -0.25) is 19.4 Å². The first-order chi connectivity index (χ1) is 12.6. The number of carbonyl (C=O) groups is 2. The number of likely N-dealkylation sites (tertiary alicyclic amines) is 1. The molecule has 0 aromatic heterocycles. The van der Waals surface area contributed by atoms with Crippen LogP contribution in [0.4, 0.5) is 0 Å². The van der Waals surface area contributed by atoms with Gasteiger partial charge in [0, 0.05) is 13.1 Å². The van der Waals surface area contributed by atoms with E-state index in [0.29, 0.717) is 31.8 Å². The van der Waals surface area contributed by atoms with E-state index in [9.17, 15) is 9.59 Å². The van der Waals surface area contributed by atoms with Gasteiger partial charge in [-0.25, -0.2) is 0 Å².